The molecule has 1 aromatic heterocycles. The quantitative estimate of drug-likeness (QED) is 0.516. The molecule has 0 aliphatic carbocycles. The molecule has 1 aromatic carbocycles. The van der Waals surface area contributed by atoms with Gasteiger partial charge in [0.1, 0.15) is 5.82 Å². The lowest BCUT2D eigenvalue weighted by Crippen LogP contribution is -2.44. The summed E-state index contributed by atoms with van der Waals surface area (Å²) in [5, 5.41) is 5.34. The van der Waals surface area contributed by atoms with E-state index in [9.17, 15) is 22.8 Å². The molecule has 3 heterocycles. The number of nitrogens with one attached hydrogen (secondary N) is 2. The maximum Gasteiger partial charge on any atom is 0.416 e. The maximum absolute atomic E-state index is 12.9. The largest absolute Gasteiger partial charge is 0.481 e. The molecular weight excluding hydrogens is 517 g/mol. The van der Waals surface area contributed by atoms with Crippen LogP contribution in [0.25, 0.3) is 0 Å². The molecule has 2 amide bonds. The summed E-state index contributed by atoms with van der Waals surface area (Å²) in [5.41, 5.74) is -1.06. The normalized spacial score (nSPS) is 20.3. The maximum atomic E-state index is 12.9. The van der Waals surface area contributed by atoms with Crippen molar-refractivity contribution in [2.45, 2.75) is 43.9 Å². The van der Waals surface area contributed by atoms with Gasteiger partial charge in [-0.1, -0.05) is 6.07 Å². The lowest BCUT2D eigenvalue weighted by Gasteiger charge is -2.27. The van der Waals surface area contributed by atoms with E-state index in [0.29, 0.717) is 18.5 Å². The third kappa shape index (κ3) is 7.49. The highest BCUT2D eigenvalue weighted by atomic mass is 19.4. The van der Waals surface area contributed by atoms with Crippen molar-refractivity contribution in [3.63, 3.8) is 0 Å². The van der Waals surface area contributed by atoms with Crippen molar-refractivity contribution in [2.24, 2.45) is 0 Å². The van der Waals surface area contributed by atoms with Gasteiger partial charge in [0.2, 0.25) is 11.8 Å². The SMILES string of the molecule is COc1cc(N2CCCC(N3CCC(NC(=O)CNC(=O)c4cccc(C(F)(F)F)c4)C3)CC2)nc(OC)n1. The van der Waals surface area contributed by atoms with E-state index >= 15 is 0 Å². The van der Waals surface area contributed by atoms with Crippen LogP contribution in [0.1, 0.15) is 41.6 Å². The monoisotopic (exact) mass is 550 g/mol. The van der Waals surface area contributed by atoms with Gasteiger partial charge in [0.15, 0.2) is 0 Å². The Morgan fingerprint density at radius 2 is 1.87 bits per heavy atom. The zero-order valence-electron chi connectivity index (χ0n) is 22.0. The number of anilines is 1. The van der Waals surface area contributed by atoms with E-state index in [1.54, 1.807) is 13.2 Å². The first-order valence-corrected chi connectivity index (χ1v) is 12.9. The van der Waals surface area contributed by atoms with E-state index in [1.165, 1.54) is 19.2 Å². The molecule has 2 N–H and O–H groups in total. The Balaban J connectivity index is 1.24. The average molecular weight is 551 g/mol. The number of benzene rings is 1. The van der Waals surface area contributed by atoms with Crippen molar-refractivity contribution in [3.05, 3.63) is 41.5 Å². The zero-order chi connectivity index (χ0) is 28.0. The Labute approximate surface area is 224 Å². The lowest BCUT2D eigenvalue weighted by atomic mass is 10.1. The number of nitrogens with zero attached hydrogens (tertiary/aromatic N) is 4. The van der Waals surface area contributed by atoms with E-state index < -0.39 is 17.6 Å². The standard InChI is InChI=1S/C26H33F3N6O4/c1-38-23-14-21(32-25(33-23)39-2)34-10-4-7-20(9-12-34)35-11-8-19(16-35)31-22(36)15-30-24(37)17-5-3-6-18(13-17)26(27,28)29/h3,5-6,13-14,19-20H,4,7-12,15-16H2,1-2H3,(H,30,37)(H,31,36). The number of hydrogen-bond donors (Lipinski definition) is 2. The fraction of sp³-hybridized carbons (Fsp3) is 0.538. The number of methoxy groups -OCH3 is 2. The molecule has 0 saturated carbocycles. The molecule has 2 aliphatic heterocycles. The van der Waals surface area contributed by atoms with Gasteiger partial charge in [0.05, 0.1) is 26.3 Å². The minimum atomic E-state index is -4.55. The first-order chi connectivity index (χ1) is 18.7. The third-order valence-corrected chi connectivity index (χ3v) is 7.04. The minimum absolute atomic E-state index is 0.0577. The second kappa shape index (κ2) is 12.5. The predicted octanol–water partition coefficient (Wildman–Crippen LogP) is 2.49. The Morgan fingerprint density at radius 1 is 1.05 bits per heavy atom. The Kier molecular flexibility index (Phi) is 9.10. The van der Waals surface area contributed by atoms with Gasteiger partial charge in [-0.2, -0.15) is 23.1 Å². The van der Waals surface area contributed by atoms with E-state index in [-0.39, 0.29) is 30.1 Å². The highest BCUT2D eigenvalue weighted by Crippen LogP contribution is 2.30. The molecule has 2 aromatic rings. The molecular formula is C26H33F3N6O4. The Hall–Kier alpha value is -3.61. The van der Waals surface area contributed by atoms with Crippen molar-refractivity contribution in [2.75, 3.05) is 51.8 Å². The molecule has 4 rings (SSSR count). The van der Waals surface area contributed by atoms with Crippen LogP contribution in [0.4, 0.5) is 19.0 Å². The zero-order valence-corrected chi connectivity index (χ0v) is 22.0. The van der Waals surface area contributed by atoms with Crippen LogP contribution >= 0.6 is 0 Å². The summed E-state index contributed by atoms with van der Waals surface area (Å²) >= 11 is 0. The molecule has 10 nitrogen and oxygen atoms in total. The summed E-state index contributed by atoms with van der Waals surface area (Å²) in [7, 11) is 3.07. The van der Waals surface area contributed by atoms with Gasteiger partial charge in [-0.3, -0.25) is 14.5 Å². The molecule has 2 atom stereocenters. The molecule has 13 heteroatoms. The van der Waals surface area contributed by atoms with E-state index in [0.717, 1.165) is 63.3 Å². The van der Waals surface area contributed by atoms with Gasteiger partial charge in [0, 0.05) is 49.9 Å². The molecule has 2 fully saturated rings. The van der Waals surface area contributed by atoms with Gasteiger partial charge < -0.3 is 25.0 Å². The van der Waals surface area contributed by atoms with Crippen LogP contribution in [0.5, 0.6) is 11.9 Å². The number of amides is 2. The van der Waals surface area contributed by atoms with Crippen molar-refractivity contribution >= 4 is 17.6 Å². The van der Waals surface area contributed by atoms with Crippen molar-refractivity contribution in [1.29, 1.82) is 0 Å². The van der Waals surface area contributed by atoms with Gasteiger partial charge in [0.25, 0.3) is 5.91 Å². The fourth-order valence-electron chi connectivity index (χ4n) is 5.04. The van der Waals surface area contributed by atoms with Gasteiger partial charge in [-0.25, -0.2) is 0 Å². The second-order valence-corrected chi connectivity index (χ2v) is 9.64. The van der Waals surface area contributed by atoms with Gasteiger partial charge >= 0.3 is 12.2 Å². The summed E-state index contributed by atoms with van der Waals surface area (Å²) in [6.07, 6.45) is -0.831. The number of carbonyl (C=O) groups is 2. The number of halogens is 3. The molecule has 39 heavy (non-hydrogen) atoms. The number of rotatable bonds is 8. The number of ether oxygens (including phenoxy) is 2. The van der Waals surface area contributed by atoms with Crippen molar-refractivity contribution in [3.8, 4) is 11.9 Å². The van der Waals surface area contributed by atoms with Gasteiger partial charge in [-0.15, -0.1) is 0 Å². The van der Waals surface area contributed by atoms with Crippen LogP contribution in [0.3, 0.4) is 0 Å². The summed E-state index contributed by atoms with van der Waals surface area (Å²) in [6, 6.07) is 6.48. The minimum Gasteiger partial charge on any atom is -0.481 e. The van der Waals surface area contributed by atoms with Crippen molar-refractivity contribution in [1.82, 2.24) is 25.5 Å². The molecule has 2 aliphatic rings. The topological polar surface area (TPSA) is 109 Å². The number of carbonyl (C=O) groups excluding carboxylic acids is 2. The molecule has 0 bridgehead atoms. The van der Waals surface area contributed by atoms with Crippen LogP contribution in [0.15, 0.2) is 30.3 Å². The number of hydrogen-bond acceptors (Lipinski definition) is 8. The first kappa shape index (κ1) is 28.4. The number of alkyl halides is 3. The van der Waals surface area contributed by atoms with Crippen LogP contribution in [-0.4, -0.2) is 85.7 Å². The highest BCUT2D eigenvalue weighted by molar-refractivity contribution is 5.96. The average Bonchev–Trinajstić information content (AvgIpc) is 3.25. The number of likely N-dealkylation sites (tertiary alicyclic amines) is 1. The first-order valence-electron chi connectivity index (χ1n) is 12.9. The molecule has 0 spiro atoms. The highest BCUT2D eigenvalue weighted by Gasteiger charge is 2.32. The van der Waals surface area contributed by atoms with Crippen LogP contribution in [-0.2, 0) is 11.0 Å². The number of aromatic nitrogens is 2. The molecule has 2 unspecified atom stereocenters. The summed E-state index contributed by atoms with van der Waals surface area (Å²) in [4.78, 5) is 37.9. The summed E-state index contributed by atoms with van der Waals surface area (Å²) in [6.45, 7) is 2.90. The third-order valence-electron chi connectivity index (χ3n) is 7.04. The van der Waals surface area contributed by atoms with Crippen LogP contribution in [0.2, 0.25) is 0 Å². The van der Waals surface area contributed by atoms with Crippen molar-refractivity contribution < 1.29 is 32.2 Å². The smallest absolute Gasteiger partial charge is 0.416 e. The Morgan fingerprint density at radius 3 is 2.62 bits per heavy atom. The van der Waals surface area contributed by atoms with E-state index in [4.69, 9.17) is 9.47 Å². The second-order valence-electron chi connectivity index (χ2n) is 9.64. The summed E-state index contributed by atoms with van der Waals surface area (Å²) < 4.78 is 49.2. The molecule has 2 saturated heterocycles. The van der Waals surface area contributed by atoms with Crippen LogP contribution in [0, 0.1) is 0 Å². The fourth-order valence-corrected chi connectivity index (χ4v) is 5.04. The van der Waals surface area contributed by atoms with E-state index in [1.807, 2.05) is 0 Å². The molecule has 212 valence electrons. The lowest BCUT2D eigenvalue weighted by molar-refractivity contribution is -0.137. The van der Waals surface area contributed by atoms with E-state index in [2.05, 4.69) is 30.4 Å². The van der Waals surface area contributed by atoms with Gasteiger partial charge in [-0.05, 0) is 43.9 Å². The predicted molar refractivity (Wildman–Crippen MR) is 137 cm³/mol. The Bertz CT molecular complexity index is 1140. The molecule has 0 radical (unpaired) electrons. The van der Waals surface area contributed by atoms with Crippen LogP contribution < -0.4 is 25.0 Å². The summed E-state index contributed by atoms with van der Waals surface area (Å²) in [5.74, 6) is 0.104.